The SMILES string of the molecule is C=C(C)/C=C\C(=C)/C(C)=C/C.CC. The fourth-order valence-corrected chi connectivity index (χ4v) is 0.560. The van der Waals surface area contributed by atoms with E-state index in [0.29, 0.717) is 0 Å². The summed E-state index contributed by atoms with van der Waals surface area (Å²) in [5.74, 6) is 0. The molecule has 0 heterocycles. The Morgan fingerprint density at radius 1 is 1.00 bits per heavy atom. The first-order chi connectivity index (χ1) is 6.07. The van der Waals surface area contributed by atoms with Gasteiger partial charge in [-0.25, -0.2) is 0 Å². The van der Waals surface area contributed by atoms with Gasteiger partial charge >= 0.3 is 0 Å². The lowest BCUT2D eigenvalue weighted by Gasteiger charge is -1.97. The summed E-state index contributed by atoms with van der Waals surface area (Å²) in [4.78, 5) is 0. The highest BCUT2D eigenvalue weighted by atomic mass is 13.9. The van der Waals surface area contributed by atoms with E-state index in [1.165, 1.54) is 5.57 Å². The van der Waals surface area contributed by atoms with E-state index in [0.717, 1.165) is 11.1 Å². The fraction of sp³-hybridized carbons (Fsp3) is 0.385. The van der Waals surface area contributed by atoms with Gasteiger partial charge in [-0.05, 0) is 31.9 Å². The molecule has 0 N–H and O–H groups in total. The van der Waals surface area contributed by atoms with Gasteiger partial charge in [-0.2, -0.15) is 0 Å². The quantitative estimate of drug-likeness (QED) is 0.551. The molecule has 0 radical (unpaired) electrons. The smallest absolute Gasteiger partial charge is 0.0303 e. The fourth-order valence-electron chi connectivity index (χ4n) is 0.560. The van der Waals surface area contributed by atoms with Gasteiger partial charge in [-0.1, -0.05) is 50.8 Å². The van der Waals surface area contributed by atoms with Crippen molar-refractivity contribution in [2.24, 2.45) is 0 Å². The Morgan fingerprint density at radius 2 is 1.46 bits per heavy atom. The lowest BCUT2D eigenvalue weighted by atomic mass is 10.1. The van der Waals surface area contributed by atoms with Crippen LogP contribution in [-0.4, -0.2) is 0 Å². The molecule has 0 fully saturated rings. The number of rotatable bonds is 3. The highest BCUT2D eigenvalue weighted by Gasteiger charge is 1.88. The summed E-state index contributed by atoms with van der Waals surface area (Å²) in [6, 6.07) is 0. The molecule has 0 rings (SSSR count). The molecule has 0 unspecified atom stereocenters. The Morgan fingerprint density at radius 3 is 1.77 bits per heavy atom. The maximum absolute atomic E-state index is 3.90. The minimum Gasteiger partial charge on any atom is -0.0961 e. The second kappa shape index (κ2) is 9.05. The van der Waals surface area contributed by atoms with Crippen LogP contribution in [0.3, 0.4) is 0 Å². The highest BCUT2D eigenvalue weighted by Crippen LogP contribution is 2.08. The van der Waals surface area contributed by atoms with Gasteiger partial charge in [-0.3, -0.25) is 0 Å². The van der Waals surface area contributed by atoms with Crippen molar-refractivity contribution < 1.29 is 0 Å². The Balaban J connectivity index is 0. The van der Waals surface area contributed by atoms with E-state index in [4.69, 9.17) is 0 Å². The van der Waals surface area contributed by atoms with Crippen molar-refractivity contribution in [3.8, 4) is 0 Å². The van der Waals surface area contributed by atoms with Crippen LogP contribution in [0.15, 0.2) is 48.1 Å². The monoisotopic (exact) mass is 178 g/mol. The molecule has 0 amide bonds. The van der Waals surface area contributed by atoms with E-state index >= 15 is 0 Å². The molecule has 0 aliphatic heterocycles. The molecule has 0 saturated carbocycles. The summed E-state index contributed by atoms with van der Waals surface area (Å²) >= 11 is 0. The van der Waals surface area contributed by atoms with Gasteiger partial charge in [0.1, 0.15) is 0 Å². The predicted molar refractivity (Wildman–Crippen MR) is 63.9 cm³/mol. The summed E-state index contributed by atoms with van der Waals surface area (Å²) in [6.07, 6.45) is 6.00. The largest absolute Gasteiger partial charge is 0.0961 e. The molecule has 0 aromatic heterocycles. The Kier molecular flexibility index (Phi) is 10.1. The molecular weight excluding hydrogens is 156 g/mol. The summed E-state index contributed by atoms with van der Waals surface area (Å²) in [7, 11) is 0. The van der Waals surface area contributed by atoms with Crippen molar-refractivity contribution in [2.75, 3.05) is 0 Å². The molecule has 0 heteroatoms. The minimum absolute atomic E-state index is 1.05. The van der Waals surface area contributed by atoms with Gasteiger partial charge in [0.15, 0.2) is 0 Å². The molecule has 0 aromatic carbocycles. The Hall–Kier alpha value is -1.04. The molecule has 0 saturated heterocycles. The van der Waals surface area contributed by atoms with Crippen molar-refractivity contribution >= 4 is 0 Å². The average Bonchev–Trinajstić information content (AvgIpc) is 2.16. The van der Waals surface area contributed by atoms with E-state index in [1.54, 1.807) is 0 Å². The molecular formula is C13H22. The average molecular weight is 178 g/mol. The van der Waals surface area contributed by atoms with E-state index in [-0.39, 0.29) is 0 Å². The minimum atomic E-state index is 1.05. The van der Waals surface area contributed by atoms with Crippen molar-refractivity contribution in [3.05, 3.63) is 48.1 Å². The van der Waals surface area contributed by atoms with Gasteiger partial charge in [0.05, 0.1) is 0 Å². The summed E-state index contributed by atoms with van der Waals surface area (Å²) in [6.45, 7) is 17.7. The van der Waals surface area contributed by atoms with Crippen LogP contribution in [0.2, 0.25) is 0 Å². The first-order valence-corrected chi connectivity index (χ1v) is 4.73. The standard InChI is InChI=1S/C11H16.C2H6/c1-6-10(4)11(5)8-7-9(2)3;1-2/h6-8H,2,5H2,1,3-4H3;1-2H3/b8-7-,10-6+;. The summed E-state index contributed by atoms with van der Waals surface area (Å²) in [5.41, 5.74) is 3.31. The van der Waals surface area contributed by atoms with Crippen LogP contribution < -0.4 is 0 Å². The third-order valence-corrected chi connectivity index (χ3v) is 1.51. The Labute approximate surface area is 83.4 Å². The molecule has 0 aliphatic rings. The van der Waals surface area contributed by atoms with Crippen LogP contribution in [-0.2, 0) is 0 Å². The van der Waals surface area contributed by atoms with E-state index in [9.17, 15) is 0 Å². The molecule has 0 bridgehead atoms. The summed E-state index contributed by atoms with van der Waals surface area (Å²) < 4.78 is 0. The van der Waals surface area contributed by atoms with Crippen LogP contribution in [0.25, 0.3) is 0 Å². The number of hydrogen-bond acceptors (Lipinski definition) is 0. The van der Waals surface area contributed by atoms with E-state index < -0.39 is 0 Å². The van der Waals surface area contributed by atoms with Crippen molar-refractivity contribution in [1.82, 2.24) is 0 Å². The van der Waals surface area contributed by atoms with Gasteiger partial charge in [0.2, 0.25) is 0 Å². The normalized spacial score (nSPS) is 10.7. The molecule has 13 heavy (non-hydrogen) atoms. The van der Waals surface area contributed by atoms with Gasteiger partial charge in [-0.15, -0.1) is 0 Å². The van der Waals surface area contributed by atoms with E-state index in [2.05, 4.69) is 13.2 Å². The van der Waals surface area contributed by atoms with E-state index in [1.807, 2.05) is 52.8 Å². The predicted octanol–water partition coefficient (Wildman–Crippen LogP) is 4.67. The summed E-state index contributed by atoms with van der Waals surface area (Å²) in [5, 5.41) is 0. The Bertz CT molecular complexity index is 214. The zero-order chi connectivity index (χ0) is 10.9. The third kappa shape index (κ3) is 8.87. The van der Waals surface area contributed by atoms with Gasteiger partial charge in [0.25, 0.3) is 0 Å². The first-order valence-electron chi connectivity index (χ1n) is 4.73. The van der Waals surface area contributed by atoms with Crippen LogP contribution in [0.1, 0.15) is 34.6 Å². The van der Waals surface area contributed by atoms with Crippen molar-refractivity contribution in [2.45, 2.75) is 34.6 Å². The highest BCUT2D eigenvalue weighted by molar-refractivity contribution is 5.37. The molecule has 74 valence electrons. The zero-order valence-corrected chi connectivity index (χ0v) is 9.65. The topological polar surface area (TPSA) is 0 Å². The van der Waals surface area contributed by atoms with Crippen molar-refractivity contribution in [3.63, 3.8) is 0 Å². The molecule has 0 aromatic rings. The van der Waals surface area contributed by atoms with Crippen LogP contribution >= 0.6 is 0 Å². The first kappa shape index (κ1) is 14.5. The third-order valence-electron chi connectivity index (χ3n) is 1.51. The lowest BCUT2D eigenvalue weighted by Crippen LogP contribution is -1.76. The zero-order valence-electron chi connectivity index (χ0n) is 9.65. The molecule has 0 nitrogen and oxygen atoms in total. The maximum atomic E-state index is 3.90. The van der Waals surface area contributed by atoms with Gasteiger partial charge in [0, 0.05) is 0 Å². The number of allylic oxidation sites excluding steroid dienone is 6. The molecule has 0 spiro atoms. The van der Waals surface area contributed by atoms with Crippen LogP contribution in [0.4, 0.5) is 0 Å². The van der Waals surface area contributed by atoms with Crippen LogP contribution in [0, 0.1) is 0 Å². The van der Waals surface area contributed by atoms with Gasteiger partial charge < -0.3 is 0 Å². The number of hydrogen-bond donors (Lipinski definition) is 0. The molecule has 0 atom stereocenters. The second-order valence-electron chi connectivity index (χ2n) is 2.68. The molecule has 0 aliphatic carbocycles. The van der Waals surface area contributed by atoms with Crippen LogP contribution in [0.5, 0.6) is 0 Å². The second-order valence-corrected chi connectivity index (χ2v) is 2.68. The van der Waals surface area contributed by atoms with Crippen molar-refractivity contribution in [1.29, 1.82) is 0 Å². The maximum Gasteiger partial charge on any atom is -0.0303 e. The lowest BCUT2D eigenvalue weighted by molar-refractivity contribution is 1.40.